The third-order valence-electron chi connectivity index (χ3n) is 10.1. The van der Waals surface area contributed by atoms with Crippen LogP contribution >= 0.6 is 0 Å². The van der Waals surface area contributed by atoms with Crippen LogP contribution in [-0.2, 0) is 11.3 Å². The first-order valence-corrected chi connectivity index (χ1v) is 22.3. The average molecular weight is 735 g/mol. The second-order valence-electron chi connectivity index (χ2n) is 14.9. The molecule has 1 heterocycles. The molecular formula is C47H82N4O2. The average Bonchev–Trinajstić information content (AvgIpc) is 3.69. The van der Waals surface area contributed by atoms with Gasteiger partial charge in [0.05, 0.1) is 6.33 Å². The summed E-state index contributed by atoms with van der Waals surface area (Å²) < 4.78 is 2.00. The molecule has 3 amide bonds. The summed E-state index contributed by atoms with van der Waals surface area (Å²) in [5.41, 5.74) is 0. The fourth-order valence-corrected chi connectivity index (χ4v) is 6.74. The summed E-state index contributed by atoms with van der Waals surface area (Å²) in [7, 11) is 0. The Morgan fingerprint density at radius 3 is 1.49 bits per heavy atom. The van der Waals surface area contributed by atoms with E-state index < -0.39 is 0 Å². The first kappa shape index (κ1) is 48.1. The molecule has 0 unspecified atom stereocenters. The summed E-state index contributed by atoms with van der Waals surface area (Å²) in [4.78, 5) is 32.4. The summed E-state index contributed by atoms with van der Waals surface area (Å²) in [5.74, 6) is -0.0481. The van der Waals surface area contributed by atoms with Crippen molar-refractivity contribution in [2.75, 3.05) is 13.1 Å². The fourth-order valence-electron chi connectivity index (χ4n) is 6.74. The number of carbonyl (C=O) groups is 2. The highest BCUT2D eigenvalue weighted by Crippen LogP contribution is 2.22. The number of nitrogens with zero attached hydrogens (tertiary/aromatic N) is 3. The minimum atomic E-state index is -0.248. The lowest BCUT2D eigenvalue weighted by Gasteiger charge is -2.25. The zero-order valence-corrected chi connectivity index (χ0v) is 34.8. The van der Waals surface area contributed by atoms with Gasteiger partial charge in [0.1, 0.15) is 0 Å². The Labute approximate surface area is 327 Å². The molecule has 1 N–H and O–H groups in total. The molecule has 0 aliphatic carbocycles. The first-order valence-electron chi connectivity index (χ1n) is 22.3. The molecule has 0 aromatic carbocycles. The van der Waals surface area contributed by atoms with Gasteiger partial charge < -0.3 is 9.88 Å². The highest BCUT2D eigenvalue weighted by Gasteiger charge is 2.27. The number of hydrogen-bond donors (Lipinski definition) is 1. The summed E-state index contributed by atoms with van der Waals surface area (Å²) in [6, 6.07) is -0.248. The molecule has 6 nitrogen and oxygen atoms in total. The van der Waals surface area contributed by atoms with E-state index in [1.807, 2.05) is 17.7 Å². The molecule has 0 saturated heterocycles. The molecule has 0 saturated carbocycles. The monoisotopic (exact) mass is 735 g/mol. The Bertz CT molecular complexity index is 1030. The predicted molar refractivity (Wildman–Crippen MR) is 229 cm³/mol. The molecule has 1 rings (SSSR count). The van der Waals surface area contributed by atoms with Gasteiger partial charge in [0.15, 0.2) is 0 Å². The number of allylic oxidation sites excluding steroid dienone is 8. The molecular weight excluding hydrogens is 653 g/mol. The number of rotatable bonds is 36. The van der Waals surface area contributed by atoms with Gasteiger partial charge in [-0.2, -0.15) is 0 Å². The maximum atomic E-state index is 13.7. The van der Waals surface area contributed by atoms with Crippen LogP contribution in [0.5, 0.6) is 0 Å². The van der Waals surface area contributed by atoms with Gasteiger partial charge in [0.2, 0.25) is 5.91 Å². The van der Waals surface area contributed by atoms with Gasteiger partial charge in [0, 0.05) is 37.9 Å². The third-order valence-corrected chi connectivity index (χ3v) is 10.1. The van der Waals surface area contributed by atoms with Crippen LogP contribution in [0.25, 0.3) is 0 Å². The van der Waals surface area contributed by atoms with Crippen LogP contribution < -0.4 is 5.32 Å². The SMILES string of the molecule is CCCCC/C=C\C/C=C\CCCCCCCCC(CCCCCCCC/C=C\C/C=C\CCCCC)C(=O)N(CC)C(=O)NCCCn1ccnc1. The van der Waals surface area contributed by atoms with E-state index in [0.717, 1.165) is 51.5 Å². The molecule has 0 fully saturated rings. The molecule has 0 spiro atoms. The highest BCUT2D eigenvalue weighted by atomic mass is 16.2. The quantitative estimate of drug-likeness (QED) is 0.0551. The van der Waals surface area contributed by atoms with Gasteiger partial charge in [0.25, 0.3) is 0 Å². The van der Waals surface area contributed by atoms with Crippen molar-refractivity contribution in [3.05, 3.63) is 67.3 Å². The second kappa shape index (κ2) is 37.4. The topological polar surface area (TPSA) is 67.2 Å². The van der Waals surface area contributed by atoms with Crippen LogP contribution in [0, 0.1) is 5.92 Å². The van der Waals surface area contributed by atoms with Crippen molar-refractivity contribution >= 4 is 11.9 Å². The minimum Gasteiger partial charge on any atom is -0.338 e. The molecule has 0 radical (unpaired) electrons. The number of aryl methyl sites for hydroxylation is 1. The lowest BCUT2D eigenvalue weighted by Crippen LogP contribution is -2.46. The summed E-state index contributed by atoms with van der Waals surface area (Å²) >= 11 is 0. The number of imide groups is 1. The van der Waals surface area contributed by atoms with Gasteiger partial charge in [-0.1, -0.05) is 152 Å². The van der Waals surface area contributed by atoms with E-state index in [2.05, 4.69) is 72.8 Å². The molecule has 6 heteroatoms. The molecule has 53 heavy (non-hydrogen) atoms. The second-order valence-corrected chi connectivity index (χ2v) is 14.9. The van der Waals surface area contributed by atoms with Crippen LogP contribution in [0.15, 0.2) is 67.3 Å². The van der Waals surface area contributed by atoms with Crippen molar-refractivity contribution in [3.63, 3.8) is 0 Å². The van der Waals surface area contributed by atoms with Crippen molar-refractivity contribution in [1.29, 1.82) is 0 Å². The van der Waals surface area contributed by atoms with Gasteiger partial charge in [-0.3, -0.25) is 9.69 Å². The van der Waals surface area contributed by atoms with Crippen LogP contribution in [-0.4, -0.2) is 39.5 Å². The van der Waals surface area contributed by atoms with Gasteiger partial charge in [-0.15, -0.1) is 0 Å². The molecule has 0 aliphatic heterocycles. The fraction of sp³-hybridized carbons (Fsp3) is 0.723. The van der Waals surface area contributed by atoms with Crippen molar-refractivity contribution < 1.29 is 9.59 Å². The van der Waals surface area contributed by atoms with Crippen molar-refractivity contribution in [2.45, 2.75) is 201 Å². The maximum Gasteiger partial charge on any atom is 0.324 e. The van der Waals surface area contributed by atoms with E-state index in [9.17, 15) is 9.59 Å². The van der Waals surface area contributed by atoms with Gasteiger partial charge >= 0.3 is 6.03 Å². The Kier molecular flexibility index (Phi) is 34.0. The predicted octanol–water partition coefficient (Wildman–Crippen LogP) is 13.9. The van der Waals surface area contributed by atoms with E-state index >= 15 is 0 Å². The minimum absolute atomic E-state index is 0.0183. The lowest BCUT2D eigenvalue weighted by molar-refractivity contribution is -0.132. The number of carbonyl (C=O) groups excluding carboxylic acids is 2. The third kappa shape index (κ3) is 29.2. The van der Waals surface area contributed by atoms with Crippen LogP contribution in [0.2, 0.25) is 0 Å². The number of amides is 3. The van der Waals surface area contributed by atoms with Gasteiger partial charge in [-0.25, -0.2) is 9.78 Å². The van der Waals surface area contributed by atoms with Crippen molar-refractivity contribution in [3.8, 4) is 0 Å². The number of unbranched alkanes of at least 4 members (excludes halogenated alkanes) is 18. The molecule has 0 bridgehead atoms. The number of imidazole rings is 1. The Hall–Kier alpha value is -2.89. The van der Waals surface area contributed by atoms with E-state index in [-0.39, 0.29) is 17.9 Å². The van der Waals surface area contributed by atoms with E-state index in [1.165, 1.54) is 133 Å². The van der Waals surface area contributed by atoms with Crippen molar-refractivity contribution in [2.24, 2.45) is 5.92 Å². The summed E-state index contributed by atoms with van der Waals surface area (Å²) in [6.07, 6.45) is 55.9. The van der Waals surface area contributed by atoms with Crippen LogP contribution in [0.3, 0.4) is 0 Å². The molecule has 0 aliphatic rings. The number of hydrogen-bond acceptors (Lipinski definition) is 3. The number of aromatic nitrogens is 2. The lowest BCUT2D eigenvalue weighted by atomic mass is 9.92. The summed E-state index contributed by atoms with van der Waals surface area (Å²) in [6.45, 7) is 8.18. The standard InChI is InChI=1S/C47H82N4O2/c1-4-7-9-11-13-15-17-19-21-23-25-27-29-31-33-35-38-45(46(52)51(6-3)47(53)49-40-37-42-50-43-41-48-44-50)39-36-34-32-30-28-26-24-22-20-18-16-14-12-10-8-5-2/h13-16,19-22,41,43-45H,4-12,17-18,23-40,42H2,1-3H3,(H,49,53)/b15-13-,16-14-,21-19-,22-20-. The number of nitrogens with one attached hydrogen (secondary N) is 1. The molecule has 1 aromatic heterocycles. The smallest absolute Gasteiger partial charge is 0.324 e. The van der Waals surface area contributed by atoms with E-state index in [0.29, 0.717) is 13.1 Å². The van der Waals surface area contributed by atoms with Crippen molar-refractivity contribution in [1.82, 2.24) is 19.8 Å². The Balaban J connectivity index is 2.38. The van der Waals surface area contributed by atoms with Gasteiger partial charge in [-0.05, 0) is 90.4 Å². The van der Waals surface area contributed by atoms with Crippen LogP contribution in [0.4, 0.5) is 4.79 Å². The first-order chi connectivity index (χ1) is 26.1. The molecule has 0 atom stereocenters. The molecule has 1 aromatic rings. The molecule has 302 valence electrons. The van der Waals surface area contributed by atoms with E-state index in [4.69, 9.17) is 0 Å². The van der Waals surface area contributed by atoms with E-state index in [1.54, 1.807) is 12.5 Å². The number of urea groups is 1. The normalized spacial score (nSPS) is 12.1. The zero-order valence-electron chi connectivity index (χ0n) is 34.8. The Morgan fingerprint density at radius 1 is 0.604 bits per heavy atom. The summed E-state index contributed by atoms with van der Waals surface area (Å²) in [5, 5.41) is 3.00. The largest absolute Gasteiger partial charge is 0.338 e. The zero-order chi connectivity index (χ0) is 38.3. The van der Waals surface area contributed by atoms with Crippen LogP contribution in [0.1, 0.15) is 194 Å². The Morgan fingerprint density at radius 2 is 1.06 bits per heavy atom. The maximum absolute atomic E-state index is 13.7. The highest BCUT2D eigenvalue weighted by molar-refractivity contribution is 5.95.